The van der Waals surface area contributed by atoms with E-state index in [1.54, 1.807) is 30.3 Å². The second-order valence-electron chi connectivity index (χ2n) is 5.58. The van der Waals surface area contributed by atoms with E-state index in [0.29, 0.717) is 37.0 Å². The summed E-state index contributed by atoms with van der Waals surface area (Å²) in [5.74, 6) is 1.89. The predicted molar refractivity (Wildman–Crippen MR) is 85.8 cm³/mol. The van der Waals surface area contributed by atoms with E-state index < -0.39 is 0 Å². The molecule has 1 aliphatic rings. The van der Waals surface area contributed by atoms with E-state index in [9.17, 15) is 4.79 Å². The van der Waals surface area contributed by atoms with Gasteiger partial charge >= 0.3 is 0 Å². The van der Waals surface area contributed by atoms with Crippen LogP contribution in [-0.2, 0) is 11.2 Å². The molecule has 1 fully saturated rings. The quantitative estimate of drug-likeness (QED) is 0.889. The zero-order chi connectivity index (χ0) is 16.9. The van der Waals surface area contributed by atoms with Crippen LogP contribution in [0.1, 0.15) is 41.6 Å². The van der Waals surface area contributed by atoms with E-state index >= 15 is 0 Å². The maximum Gasteiger partial charge on any atom is 0.272 e. The molecule has 1 saturated heterocycles. The van der Waals surface area contributed by atoms with Gasteiger partial charge in [0.15, 0.2) is 5.82 Å². The largest absolute Gasteiger partial charge is 0.497 e. The van der Waals surface area contributed by atoms with Crippen LogP contribution in [0.15, 0.2) is 18.3 Å². The third-order valence-electron chi connectivity index (χ3n) is 3.86. The summed E-state index contributed by atoms with van der Waals surface area (Å²) in [5.41, 5.74) is 0.358. The van der Waals surface area contributed by atoms with Crippen LogP contribution >= 0.6 is 0 Å². The molecule has 3 rings (SSSR count). The number of rotatable bonds is 5. The number of nitrogens with zero attached hydrogens (tertiary/aromatic N) is 4. The van der Waals surface area contributed by atoms with Crippen molar-refractivity contribution in [3.63, 3.8) is 0 Å². The number of nitrogens with one attached hydrogen (secondary N) is 1. The molecule has 0 unspecified atom stereocenters. The molecule has 0 saturated carbocycles. The molecular formula is C16H21N5O3. The summed E-state index contributed by atoms with van der Waals surface area (Å²) in [6.45, 7) is 3.44. The molecule has 0 bridgehead atoms. The molecule has 8 nitrogen and oxygen atoms in total. The Kier molecular flexibility index (Phi) is 5.05. The number of pyridine rings is 1. The van der Waals surface area contributed by atoms with Crippen molar-refractivity contribution in [2.24, 2.45) is 0 Å². The molecule has 1 N–H and O–H groups in total. The Morgan fingerprint density at radius 2 is 2.42 bits per heavy atom. The summed E-state index contributed by atoms with van der Waals surface area (Å²) in [5, 5.41) is 7.14. The first-order valence-electron chi connectivity index (χ1n) is 8.03. The second kappa shape index (κ2) is 7.39. The topological polar surface area (TPSA) is 93.2 Å². The molecule has 0 spiro atoms. The third kappa shape index (κ3) is 3.53. The number of H-pyrrole nitrogens is 1. The van der Waals surface area contributed by atoms with E-state index in [4.69, 9.17) is 9.47 Å². The predicted octanol–water partition coefficient (Wildman–Crippen LogP) is 1.37. The van der Waals surface area contributed by atoms with Crippen molar-refractivity contribution in [1.82, 2.24) is 25.1 Å². The first-order valence-corrected chi connectivity index (χ1v) is 8.03. The third-order valence-corrected chi connectivity index (χ3v) is 3.86. The number of aryl methyl sites for hydroxylation is 1. The number of aromatic nitrogens is 4. The molecule has 24 heavy (non-hydrogen) atoms. The molecule has 3 heterocycles. The van der Waals surface area contributed by atoms with E-state index in [0.717, 1.165) is 18.7 Å². The average molecular weight is 331 g/mol. The number of carbonyl (C=O) groups excluding carboxylic acids is 1. The fraction of sp³-hybridized carbons (Fsp3) is 0.500. The van der Waals surface area contributed by atoms with Crippen molar-refractivity contribution >= 4 is 5.91 Å². The van der Waals surface area contributed by atoms with E-state index in [-0.39, 0.29) is 12.0 Å². The number of hydrogen-bond donors (Lipinski definition) is 1. The van der Waals surface area contributed by atoms with Crippen LogP contribution in [0.25, 0.3) is 0 Å². The number of carbonyl (C=O) groups is 1. The Morgan fingerprint density at radius 1 is 1.54 bits per heavy atom. The van der Waals surface area contributed by atoms with Crippen LogP contribution < -0.4 is 4.74 Å². The number of morpholine rings is 1. The van der Waals surface area contributed by atoms with Gasteiger partial charge in [-0.1, -0.05) is 6.92 Å². The molecule has 0 radical (unpaired) electrons. The fourth-order valence-corrected chi connectivity index (χ4v) is 2.61. The van der Waals surface area contributed by atoms with E-state index in [1.807, 2.05) is 0 Å². The van der Waals surface area contributed by atoms with Gasteiger partial charge in [0.1, 0.15) is 23.4 Å². The van der Waals surface area contributed by atoms with Gasteiger partial charge in [-0.2, -0.15) is 5.10 Å². The Labute approximate surface area is 140 Å². The number of methoxy groups -OCH3 is 1. The molecule has 1 atom stereocenters. The van der Waals surface area contributed by atoms with Gasteiger partial charge in [-0.15, -0.1) is 0 Å². The first kappa shape index (κ1) is 16.4. The normalized spacial score (nSPS) is 17.8. The number of amides is 1. The highest BCUT2D eigenvalue weighted by atomic mass is 16.5. The molecule has 2 aromatic rings. The average Bonchev–Trinajstić information content (AvgIpc) is 3.10. The van der Waals surface area contributed by atoms with Crippen molar-refractivity contribution < 1.29 is 14.3 Å². The van der Waals surface area contributed by atoms with E-state index in [1.165, 1.54) is 0 Å². The Balaban J connectivity index is 1.71. The van der Waals surface area contributed by atoms with Gasteiger partial charge in [-0.05, 0) is 12.5 Å². The molecule has 1 aliphatic heterocycles. The Bertz CT molecular complexity index is 703. The highest BCUT2D eigenvalue weighted by molar-refractivity contribution is 5.92. The van der Waals surface area contributed by atoms with Gasteiger partial charge in [-0.3, -0.25) is 14.9 Å². The minimum absolute atomic E-state index is 0.147. The van der Waals surface area contributed by atoms with Gasteiger partial charge in [0.2, 0.25) is 0 Å². The van der Waals surface area contributed by atoms with Crippen LogP contribution in [0, 0.1) is 0 Å². The molecule has 128 valence electrons. The van der Waals surface area contributed by atoms with Crippen molar-refractivity contribution in [2.75, 3.05) is 26.8 Å². The van der Waals surface area contributed by atoms with Crippen LogP contribution in [0.2, 0.25) is 0 Å². The lowest BCUT2D eigenvalue weighted by molar-refractivity contribution is -0.0268. The second-order valence-corrected chi connectivity index (χ2v) is 5.58. The number of ether oxygens (including phenoxy) is 2. The van der Waals surface area contributed by atoms with E-state index in [2.05, 4.69) is 27.1 Å². The van der Waals surface area contributed by atoms with Crippen LogP contribution in [0.4, 0.5) is 0 Å². The molecule has 2 aromatic heterocycles. The lowest BCUT2D eigenvalue weighted by atomic mass is 10.2. The Morgan fingerprint density at radius 3 is 3.21 bits per heavy atom. The maximum absolute atomic E-state index is 12.7. The van der Waals surface area contributed by atoms with Gasteiger partial charge in [0.25, 0.3) is 5.91 Å². The minimum atomic E-state index is -0.324. The van der Waals surface area contributed by atoms with Gasteiger partial charge in [0.05, 0.1) is 20.3 Å². The fourth-order valence-electron chi connectivity index (χ4n) is 2.61. The lowest BCUT2D eigenvalue weighted by Crippen LogP contribution is -2.42. The molecule has 0 aliphatic carbocycles. The molecule has 0 aromatic carbocycles. The molecule has 8 heteroatoms. The maximum atomic E-state index is 12.7. The highest BCUT2D eigenvalue weighted by Gasteiger charge is 2.29. The van der Waals surface area contributed by atoms with Crippen LogP contribution in [0.3, 0.4) is 0 Å². The highest BCUT2D eigenvalue weighted by Crippen LogP contribution is 2.21. The monoisotopic (exact) mass is 331 g/mol. The number of hydrogen-bond acceptors (Lipinski definition) is 6. The van der Waals surface area contributed by atoms with Gasteiger partial charge < -0.3 is 14.4 Å². The summed E-state index contributed by atoms with van der Waals surface area (Å²) in [6, 6.07) is 3.35. The standard InChI is InChI=1S/C16H21N5O3/c1-3-4-14-18-15(20-19-14)13-10-21(7-8-24-13)16(22)12-9-11(23-2)5-6-17-12/h5-6,9,13H,3-4,7-8,10H2,1-2H3,(H,18,19,20)/t13-/m1/s1. The number of aromatic amines is 1. The summed E-state index contributed by atoms with van der Waals surface area (Å²) >= 11 is 0. The SMILES string of the molecule is CCCc1nc([C@H]2CN(C(=O)c3cc(OC)ccn3)CCO2)n[nH]1. The Hall–Kier alpha value is -2.48. The summed E-state index contributed by atoms with van der Waals surface area (Å²) in [4.78, 5) is 23.0. The zero-order valence-corrected chi connectivity index (χ0v) is 13.9. The lowest BCUT2D eigenvalue weighted by Gasteiger charge is -2.31. The summed E-state index contributed by atoms with van der Waals surface area (Å²) in [7, 11) is 1.56. The first-order chi connectivity index (χ1) is 11.7. The molecular weight excluding hydrogens is 310 g/mol. The smallest absolute Gasteiger partial charge is 0.272 e. The minimum Gasteiger partial charge on any atom is -0.497 e. The van der Waals surface area contributed by atoms with Crippen molar-refractivity contribution in [2.45, 2.75) is 25.9 Å². The van der Waals surface area contributed by atoms with Crippen LogP contribution in [-0.4, -0.2) is 57.8 Å². The van der Waals surface area contributed by atoms with Gasteiger partial charge in [0, 0.05) is 25.2 Å². The van der Waals surface area contributed by atoms with Crippen molar-refractivity contribution in [3.8, 4) is 5.75 Å². The summed E-state index contributed by atoms with van der Waals surface area (Å²) in [6.07, 6.45) is 3.08. The molecule has 1 amide bonds. The zero-order valence-electron chi connectivity index (χ0n) is 13.9. The van der Waals surface area contributed by atoms with Crippen molar-refractivity contribution in [3.05, 3.63) is 35.7 Å². The van der Waals surface area contributed by atoms with Gasteiger partial charge in [-0.25, -0.2) is 4.98 Å². The van der Waals surface area contributed by atoms with Crippen molar-refractivity contribution in [1.29, 1.82) is 0 Å². The van der Waals surface area contributed by atoms with Crippen LogP contribution in [0.5, 0.6) is 5.75 Å². The summed E-state index contributed by atoms with van der Waals surface area (Å²) < 4.78 is 10.9.